The van der Waals surface area contributed by atoms with Crippen LogP contribution in [0, 0.1) is 20.8 Å². The Morgan fingerprint density at radius 1 is 1.13 bits per heavy atom. The van der Waals surface area contributed by atoms with E-state index in [9.17, 15) is 9.59 Å². The molecule has 158 valence electrons. The van der Waals surface area contributed by atoms with Crippen LogP contribution in [-0.2, 0) is 27.2 Å². The lowest BCUT2D eigenvalue weighted by atomic mass is 10.0. The molecule has 1 aromatic carbocycles. The minimum absolute atomic E-state index is 0.211. The summed E-state index contributed by atoms with van der Waals surface area (Å²) in [7, 11) is 0. The van der Waals surface area contributed by atoms with Crippen LogP contribution in [0.1, 0.15) is 41.7 Å². The summed E-state index contributed by atoms with van der Waals surface area (Å²) in [4.78, 5) is 33.8. The highest BCUT2D eigenvalue weighted by atomic mass is 16.5. The zero-order valence-electron chi connectivity index (χ0n) is 17.8. The molecule has 0 fully saturated rings. The number of amides is 1. The number of ether oxygens (including phenoxy) is 1. The molecule has 0 aliphatic carbocycles. The summed E-state index contributed by atoms with van der Waals surface area (Å²) in [6.45, 7) is 7.68. The largest absolute Gasteiger partial charge is 0.464 e. The Labute approximate surface area is 175 Å². The first kappa shape index (κ1) is 21.4. The fourth-order valence-electron chi connectivity index (χ4n) is 3.46. The summed E-state index contributed by atoms with van der Waals surface area (Å²) in [6.07, 6.45) is 1.11. The van der Waals surface area contributed by atoms with Gasteiger partial charge in [-0.25, -0.2) is 14.3 Å². The van der Waals surface area contributed by atoms with E-state index < -0.39 is 12.0 Å². The van der Waals surface area contributed by atoms with E-state index in [1.54, 1.807) is 11.4 Å². The predicted octanol–water partition coefficient (Wildman–Crippen LogP) is 2.27. The second kappa shape index (κ2) is 9.47. The number of hydrogen-bond acceptors (Lipinski definition) is 6. The number of carbonyl (C=O) groups excluding carboxylic acids is 2. The molecule has 30 heavy (non-hydrogen) atoms. The molecule has 0 radical (unpaired) electrons. The van der Waals surface area contributed by atoms with Crippen LogP contribution in [0.5, 0.6) is 0 Å². The lowest BCUT2D eigenvalue weighted by Gasteiger charge is -2.18. The van der Waals surface area contributed by atoms with Gasteiger partial charge in [0.05, 0.1) is 6.61 Å². The number of esters is 1. The third-order valence-corrected chi connectivity index (χ3v) is 4.95. The molecule has 0 spiro atoms. The van der Waals surface area contributed by atoms with Gasteiger partial charge >= 0.3 is 5.97 Å². The van der Waals surface area contributed by atoms with Crippen molar-refractivity contribution in [3.8, 4) is 0 Å². The van der Waals surface area contributed by atoms with Crippen LogP contribution >= 0.6 is 0 Å². The lowest BCUT2D eigenvalue weighted by molar-refractivity contribution is -0.147. The molecular formula is C22H27N5O3. The summed E-state index contributed by atoms with van der Waals surface area (Å²) >= 11 is 0. The van der Waals surface area contributed by atoms with Gasteiger partial charge in [-0.05, 0) is 45.2 Å². The predicted molar refractivity (Wildman–Crippen MR) is 112 cm³/mol. The Bertz CT molecular complexity index is 1050. The molecule has 0 saturated heterocycles. The van der Waals surface area contributed by atoms with Crippen molar-refractivity contribution in [2.75, 3.05) is 6.61 Å². The smallest absolute Gasteiger partial charge is 0.328 e. The van der Waals surface area contributed by atoms with Crippen LogP contribution < -0.4 is 5.32 Å². The number of aromatic nitrogens is 4. The molecule has 3 rings (SSSR count). The number of rotatable bonds is 8. The third-order valence-electron chi connectivity index (χ3n) is 4.95. The molecule has 1 atom stereocenters. The fraction of sp³-hybridized carbons (Fsp3) is 0.409. The van der Waals surface area contributed by atoms with Gasteiger partial charge < -0.3 is 10.1 Å². The van der Waals surface area contributed by atoms with Crippen molar-refractivity contribution >= 4 is 17.7 Å². The molecule has 3 aromatic rings. The molecule has 8 heteroatoms. The Morgan fingerprint density at radius 3 is 2.57 bits per heavy atom. The highest BCUT2D eigenvalue weighted by Crippen LogP contribution is 2.16. The number of nitrogens with one attached hydrogen (secondary N) is 1. The van der Waals surface area contributed by atoms with Gasteiger partial charge in [-0.2, -0.15) is 10.1 Å². The van der Waals surface area contributed by atoms with E-state index in [1.165, 1.54) is 0 Å². The van der Waals surface area contributed by atoms with Crippen molar-refractivity contribution in [2.24, 2.45) is 0 Å². The molecule has 1 amide bonds. The number of benzene rings is 1. The minimum Gasteiger partial charge on any atom is -0.464 e. The van der Waals surface area contributed by atoms with Gasteiger partial charge in [-0.3, -0.25) is 4.79 Å². The van der Waals surface area contributed by atoms with Crippen LogP contribution in [0.3, 0.4) is 0 Å². The van der Waals surface area contributed by atoms with Crippen molar-refractivity contribution < 1.29 is 14.3 Å². The van der Waals surface area contributed by atoms with Gasteiger partial charge in [-0.1, -0.05) is 30.3 Å². The monoisotopic (exact) mass is 409 g/mol. The second-order valence-electron chi connectivity index (χ2n) is 7.19. The van der Waals surface area contributed by atoms with Crippen LogP contribution in [0.15, 0.2) is 30.3 Å². The fourth-order valence-corrected chi connectivity index (χ4v) is 3.46. The first-order chi connectivity index (χ1) is 14.4. The average molecular weight is 409 g/mol. The quantitative estimate of drug-likeness (QED) is 0.573. The van der Waals surface area contributed by atoms with E-state index in [0.717, 1.165) is 22.5 Å². The SMILES string of the molecule is CCOC(=O)[C@H](Cc1ccccc1)NC(=O)CCc1c(C)nc2nc(C)nn2c1C. The average Bonchev–Trinajstić information content (AvgIpc) is 3.08. The van der Waals surface area contributed by atoms with E-state index in [0.29, 0.717) is 24.4 Å². The maximum atomic E-state index is 12.6. The van der Waals surface area contributed by atoms with Gasteiger partial charge in [0.1, 0.15) is 11.9 Å². The molecule has 2 heterocycles. The van der Waals surface area contributed by atoms with Gasteiger partial charge in [0.25, 0.3) is 5.78 Å². The zero-order valence-corrected chi connectivity index (χ0v) is 17.8. The van der Waals surface area contributed by atoms with Crippen molar-refractivity contribution in [3.63, 3.8) is 0 Å². The first-order valence-corrected chi connectivity index (χ1v) is 10.1. The summed E-state index contributed by atoms with van der Waals surface area (Å²) in [5.41, 5.74) is 3.65. The van der Waals surface area contributed by atoms with E-state index in [4.69, 9.17) is 4.74 Å². The molecular weight excluding hydrogens is 382 g/mol. The molecule has 8 nitrogen and oxygen atoms in total. The lowest BCUT2D eigenvalue weighted by Crippen LogP contribution is -2.43. The van der Waals surface area contributed by atoms with Crippen LogP contribution in [0.2, 0.25) is 0 Å². The van der Waals surface area contributed by atoms with Gasteiger partial charge in [0, 0.05) is 24.2 Å². The maximum absolute atomic E-state index is 12.6. The van der Waals surface area contributed by atoms with Gasteiger partial charge in [0.2, 0.25) is 5.91 Å². The van der Waals surface area contributed by atoms with E-state index in [2.05, 4.69) is 20.4 Å². The summed E-state index contributed by atoms with van der Waals surface area (Å²) < 4.78 is 6.85. The third kappa shape index (κ3) is 5.00. The molecule has 2 aromatic heterocycles. The highest BCUT2D eigenvalue weighted by molar-refractivity contribution is 5.84. The number of nitrogens with zero attached hydrogens (tertiary/aromatic N) is 4. The molecule has 0 aliphatic rings. The van der Waals surface area contributed by atoms with Crippen LogP contribution in [0.25, 0.3) is 5.78 Å². The molecule has 1 N–H and O–H groups in total. The summed E-state index contributed by atoms with van der Waals surface area (Å²) in [6, 6.07) is 8.84. The van der Waals surface area contributed by atoms with Crippen LogP contribution in [-0.4, -0.2) is 44.1 Å². The molecule has 0 aliphatic heterocycles. The number of fused-ring (bicyclic) bond motifs is 1. The molecule has 0 saturated carbocycles. The molecule has 0 unspecified atom stereocenters. The number of hydrogen-bond donors (Lipinski definition) is 1. The first-order valence-electron chi connectivity index (χ1n) is 10.1. The summed E-state index contributed by atoms with van der Waals surface area (Å²) in [5.74, 6) is 0.569. The Kier molecular flexibility index (Phi) is 6.76. The highest BCUT2D eigenvalue weighted by Gasteiger charge is 2.23. The Hall–Kier alpha value is -3.29. The maximum Gasteiger partial charge on any atom is 0.328 e. The standard InChI is InChI=1S/C22H27N5O3/c1-5-30-21(29)19(13-17-9-7-6-8-10-17)25-20(28)12-11-18-14(2)23-22-24-16(4)26-27(22)15(18)3/h6-10,19H,5,11-13H2,1-4H3,(H,25,28)/t19-/m0/s1. The zero-order chi connectivity index (χ0) is 21.7. The Morgan fingerprint density at radius 2 is 1.87 bits per heavy atom. The minimum atomic E-state index is -0.722. The van der Waals surface area contributed by atoms with Crippen LogP contribution in [0.4, 0.5) is 0 Å². The van der Waals surface area contributed by atoms with Crippen molar-refractivity contribution in [2.45, 2.75) is 53.0 Å². The van der Waals surface area contributed by atoms with E-state index >= 15 is 0 Å². The number of carbonyl (C=O) groups is 2. The Balaban J connectivity index is 1.69. The van der Waals surface area contributed by atoms with Gasteiger partial charge in [-0.15, -0.1) is 0 Å². The molecule has 0 bridgehead atoms. The van der Waals surface area contributed by atoms with E-state index in [-0.39, 0.29) is 18.9 Å². The van der Waals surface area contributed by atoms with E-state index in [1.807, 2.05) is 51.1 Å². The number of aryl methyl sites for hydroxylation is 3. The summed E-state index contributed by atoms with van der Waals surface area (Å²) in [5, 5.41) is 7.19. The van der Waals surface area contributed by atoms with Crippen molar-refractivity contribution in [1.82, 2.24) is 24.9 Å². The second-order valence-corrected chi connectivity index (χ2v) is 7.19. The van der Waals surface area contributed by atoms with Gasteiger partial charge in [0.15, 0.2) is 0 Å². The van der Waals surface area contributed by atoms with Crippen molar-refractivity contribution in [1.29, 1.82) is 0 Å². The normalized spacial score (nSPS) is 12.0. The topological polar surface area (TPSA) is 98.5 Å². The van der Waals surface area contributed by atoms with Crippen molar-refractivity contribution in [3.05, 3.63) is 58.7 Å².